The highest BCUT2D eigenvalue weighted by Gasteiger charge is 2.19. The van der Waals surface area contributed by atoms with Gasteiger partial charge in [-0.3, -0.25) is 9.59 Å². The third-order valence-electron chi connectivity index (χ3n) is 3.53. The van der Waals surface area contributed by atoms with Crippen molar-refractivity contribution >= 4 is 29.1 Å². The molecule has 0 bridgehead atoms. The van der Waals surface area contributed by atoms with E-state index in [1.54, 1.807) is 13.0 Å². The Hall–Kier alpha value is -2.53. The first-order chi connectivity index (χ1) is 11.3. The first kappa shape index (κ1) is 17.8. The number of amides is 2. The monoisotopic (exact) mass is 346 g/mol. The van der Waals surface area contributed by atoms with E-state index in [9.17, 15) is 9.59 Å². The molecule has 6 heteroatoms. The summed E-state index contributed by atoms with van der Waals surface area (Å²) in [5.74, 6) is -0.778. The SMILES string of the molecule is Cc1ccc(C)c(NC(=O)[C@H](C)Oc2ccc(Cl)cc2C(N)=O)c1. The lowest BCUT2D eigenvalue weighted by atomic mass is 10.1. The first-order valence-electron chi connectivity index (χ1n) is 7.42. The molecule has 0 aliphatic rings. The molecule has 3 N–H and O–H groups in total. The number of hydrogen-bond acceptors (Lipinski definition) is 3. The number of ether oxygens (including phenoxy) is 1. The standard InChI is InChI=1S/C18H19ClN2O3/c1-10-4-5-11(2)15(8-10)21-18(23)12(3)24-16-7-6-13(19)9-14(16)17(20)22/h4-9,12H,1-3H3,(H2,20,22)(H,21,23)/t12-/m0/s1. The van der Waals surface area contributed by atoms with Gasteiger partial charge in [0.05, 0.1) is 5.56 Å². The minimum atomic E-state index is -0.816. The maximum absolute atomic E-state index is 12.4. The lowest BCUT2D eigenvalue weighted by Gasteiger charge is -2.17. The van der Waals surface area contributed by atoms with Crippen LogP contribution in [0.5, 0.6) is 5.75 Å². The number of aryl methyl sites for hydroxylation is 2. The molecule has 2 rings (SSSR count). The van der Waals surface area contributed by atoms with Gasteiger partial charge in [-0.15, -0.1) is 0 Å². The fourth-order valence-electron chi connectivity index (χ4n) is 2.15. The van der Waals surface area contributed by atoms with Crippen LogP contribution in [0.3, 0.4) is 0 Å². The second-order valence-electron chi connectivity index (χ2n) is 5.57. The van der Waals surface area contributed by atoms with Gasteiger partial charge in [-0.1, -0.05) is 23.7 Å². The smallest absolute Gasteiger partial charge is 0.265 e. The quantitative estimate of drug-likeness (QED) is 0.869. The van der Waals surface area contributed by atoms with Crippen LogP contribution in [-0.2, 0) is 4.79 Å². The largest absolute Gasteiger partial charge is 0.480 e. The summed E-state index contributed by atoms with van der Waals surface area (Å²) in [6.07, 6.45) is -0.816. The average molecular weight is 347 g/mol. The molecule has 126 valence electrons. The number of nitrogens with two attached hydrogens (primary N) is 1. The molecule has 0 saturated heterocycles. The summed E-state index contributed by atoms with van der Waals surface area (Å²) in [7, 11) is 0. The summed E-state index contributed by atoms with van der Waals surface area (Å²) < 4.78 is 5.59. The van der Waals surface area contributed by atoms with Crippen LogP contribution < -0.4 is 15.8 Å². The number of hydrogen-bond donors (Lipinski definition) is 2. The Bertz CT molecular complexity index is 790. The Morgan fingerprint density at radius 1 is 1.17 bits per heavy atom. The summed E-state index contributed by atoms with van der Waals surface area (Å²) in [6.45, 7) is 5.45. The molecule has 0 unspecified atom stereocenters. The number of primary amides is 1. The van der Waals surface area contributed by atoms with Crippen molar-refractivity contribution in [1.82, 2.24) is 0 Å². The molecule has 0 fully saturated rings. The van der Waals surface area contributed by atoms with Gasteiger partial charge in [0.1, 0.15) is 5.75 Å². The van der Waals surface area contributed by atoms with E-state index in [0.29, 0.717) is 5.02 Å². The lowest BCUT2D eigenvalue weighted by Crippen LogP contribution is -2.31. The Morgan fingerprint density at radius 2 is 1.88 bits per heavy atom. The topological polar surface area (TPSA) is 81.4 Å². The molecule has 0 aromatic heterocycles. The third kappa shape index (κ3) is 4.26. The average Bonchev–Trinajstić information content (AvgIpc) is 2.52. The summed E-state index contributed by atoms with van der Waals surface area (Å²) >= 11 is 5.86. The van der Waals surface area contributed by atoms with E-state index < -0.39 is 12.0 Å². The van der Waals surface area contributed by atoms with Crippen molar-refractivity contribution in [3.8, 4) is 5.75 Å². The summed E-state index contributed by atoms with van der Waals surface area (Å²) in [5.41, 5.74) is 8.16. The second kappa shape index (κ2) is 7.36. The summed E-state index contributed by atoms with van der Waals surface area (Å²) in [6, 6.07) is 10.3. The van der Waals surface area contributed by atoms with E-state index in [0.717, 1.165) is 16.8 Å². The number of benzene rings is 2. The van der Waals surface area contributed by atoms with E-state index in [2.05, 4.69) is 5.32 Å². The minimum absolute atomic E-state index is 0.133. The summed E-state index contributed by atoms with van der Waals surface area (Å²) in [5, 5.41) is 3.19. The van der Waals surface area contributed by atoms with Gasteiger partial charge in [0, 0.05) is 10.7 Å². The normalized spacial score (nSPS) is 11.7. The minimum Gasteiger partial charge on any atom is -0.480 e. The van der Waals surface area contributed by atoms with Gasteiger partial charge in [-0.05, 0) is 56.2 Å². The third-order valence-corrected chi connectivity index (χ3v) is 3.77. The van der Waals surface area contributed by atoms with Crippen LogP contribution in [0.4, 0.5) is 5.69 Å². The van der Waals surface area contributed by atoms with Crippen LogP contribution in [0, 0.1) is 13.8 Å². The number of nitrogens with one attached hydrogen (secondary N) is 1. The highest BCUT2D eigenvalue weighted by Crippen LogP contribution is 2.24. The molecule has 0 aliphatic heterocycles. The van der Waals surface area contributed by atoms with E-state index >= 15 is 0 Å². The van der Waals surface area contributed by atoms with Crippen molar-refractivity contribution in [2.75, 3.05) is 5.32 Å². The fraction of sp³-hybridized carbons (Fsp3) is 0.222. The van der Waals surface area contributed by atoms with Crippen LogP contribution in [0.1, 0.15) is 28.4 Å². The molecule has 2 aromatic carbocycles. The van der Waals surface area contributed by atoms with E-state index in [4.69, 9.17) is 22.1 Å². The lowest BCUT2D eigenvalue weighted by molar-refractivity contribution is -0.122. The molecule has 1 atom stereocenters. The zero-order valence-electron chi connectivity index (χ0n) is 13.7. The Labute approximate surface area is 145 Å². The van der Waals surface area contributed by atoms with Gasteiger partial charge in [0.25, 0.3) is 11.8 Å². The number of rotatable bonds is 5. The van der Waals surface area contributed by atoms with Gasteiger partial charge in [-0.25, -0.2) is 0 Å². The van der Waals surface area contributed by atoms with Crippen molar-refractivity contribution in [3.63, 3.8) is 0 Å². The van der Waals surface area contributed by atoms with Gasteiger partial charge in [0.15, 0.2) is 6.10 Å². The Balaban J connectivity index is 2.15. The Morgan fingerprint density at radius 3 is 2.54 bits per heavy atom. The van der Waals surface area contributed by atoms with Crippen molar-refractivity contribution in [2.45, 2.75) is 26.9 Å². The molecule has 24 heavy (non-hydrogen) atoms. The van der Waals surface area contributed by atoms with Crippen LogP contribution >= 0.6 is 11.6 Å². The molecule has 0 radical (unpaired) electrons. The molecular formula is C18H19ClN2O3. The van der Waals surface area contributed by atoms with Crippen LogP contribution in [0.15, 0.2) is 36.4 Å². The highest BCUT2D eigenvalue weighted by atomic mass is 35.5. The van der Waals surface area contributed by atoms with Crippen molar-refractivity contribution in [1.29, 1.82) is 0 Å². The first-order valence-corrected chi connectivity index (χ1v) is 7.80. The second-order valence-corrected chi connectivity index (χ2v) is 6.01. The van der Waals surface area contributed by atoms with Crippen molar-refractivity contribution in [3.05, 3.63) is 58.1 Å². The van der Waals surface area contributed by atoms with Crippen molar-refractivity contribution < 1.29 is 14.3 Å². The van der Waals surface area contributed by atoms with Gasteiger partial charge in [-0.2, -0.15) is 0 Å². The maximum Gasteiger partial charge on any atom is 0.265 e. The molecule has 5 nitrogen and oxygen atoms in total. The molecule has 0 heterocycles. The number of halogens is 1. The van der Waals surface area contributed by atoms with Gasteiger partial charge >= 0.3 is 0 Å². The van der Waals surface area contributed by atoms with Crippen LogP contribution in [0.2, 0.25) is 5.02 Å². The van der Waals surface area contributed by atoms with Crippen LogP contribution in [-0.4, -0.2) is 17.9 Å². The number of anilines is 1. The fourth-order valence-corrected chi connectivity index (χ4v) is 2.32. The van der Waals surface area contributed by atoms with E-state index in [1.807, 2.05) is 32.0 Å². The molecule has 0 spiro atoms. The highest BCUT2D eigenvalue weighted by molar-refractivity contribution is 6.31. The molecule has 0 saturated carbocycles. The number of carbonyl (C=O) groups excluding carboxylic acids is 2. The maximum atomic E-state index is 12.4. The van der Waals surface area contributed by atoms with E-state index in [1.165, 1.54) is 12.1 Å². The predicted molar refractivity (Wildman–Crippen MR) is 94.6 cm³/mol. The van der Waals surface area contributed by atoms with Gasteiger partial charge < -0.3 is 15.8 Å². The zero-order valence-corrected chi connectivity index (χ0v) is 14.5. The summed E-state index contributed by atoms with van der Waals surface area (Å²) in [4.78, 5) is 23.8. The molecular weight excluding hydrogens is 328 g/mol. The molecule has 0 aliphatic carbocycles. The molecule has 2 amide bonds. The van der Waals surface area contributed by atoms with E-state index in [-0.39, 0.29) is 17.2 Å². The molecule has 2 aromatic rings. The zero-order chi connectivity index (χ0) is 17.9. The number of carbonyl (C=O) groups is 2. The van der Waals surface area contributed by atoms with Gasteiger partial charge in [0.2, 0.25) is 0 Å². The Kier molecular flexibility index (Phi) is 5.46. The predicted octanol–water partition coefficient (Wildman–Crippen LogP) is 3.46. The van der Waals surface area contributed by atoms with Crippen LogP contribution in [0.25, 0.3) is 0 Å². The van der Waals surface area contributed by atoms with Crippen molar-refractivity contribution in [2.24, 2.45) is 5.73 Å².